The third-order valence-corrected chi connectivity index (χ3v) is 2.32. The first-order valence-electron chi connectivity index (χ1n) is 4.63. The van der Waals surface area contributed by atoms with Crippen LogP contribution >= 0.6 is 11.6 Å². The molecular weight excluding hydrogens is 226 g/mol. The maximum atomic E-state index is 8.76. The van der Waals surface area contributed by atoms with E-state index in [1.54, 1.807) is 32.4 Å². The Morgan fingerprint density at radius 3 is 2.56 bits per heavy atom. The van der Waals surface area contributed by atoms with Gasteiger partial charge in [0.05, 0.1) is 26.2 Å². The zero-order valence-electron chi connectivity index (χ0n) is 9.16. The third-order valence-electron chi connectivity index (χ3n) is 2.04. The van der Waals surface area contributed by atoms with Crippen molar-refractivity contribution in [2.24, 2.45) is 0 Å². The number of alkyl halides is 1. The number of hydrogen-bond donors (Lipinski definition) is 0. The van der Waals surface area contributed by atoms with Gasteiger partial charge in [0.2, 0.25) is 0 Å². The van der Waals surface area contributed by atoms with E-state index in [0.29, 0.717) is 17.1 Å². The van der Waals surface area contributed by atoms with Crippen LogP contribution in [0.15, 0.2) is 23.8 Å². The number of rotatable bonds is 4. The van der Waals surface area contributed by atoms with Crippen LogP contribution in [-0.4, -0.2) is 20.1 Å². The monoisotopic (exact) mass is 237 g/mol. The first-order valence-corrected chi connectivity index (χ1v) is 5.17. The van der Waals surface area contributed by atoms with Crippen LogP contribution in [0.3, 0.4) is 0 Å². The fraction of sp³-hybridized carbons (Fsp3) is 0.250. The van der Waals surface area contributed by atoms with Gasteiger partial charge in [-0.05, 0) is 23.8 Å². The van der Waals surface area contributed by atoms with Gasteiger partial charge in [0.1, 0.15) is 0 Å². The smallest absolute Gasteiger partial charge is 0.161 e. The predicted octanol–water partition coefficient (Wildman–Crippen LogP) is 2.85. The molecule has 4 heteroatoms. The molecule has 0 fully saturated rings. The molecule has 0 N–H and O–H groups in total. The highest BCUT2D eigenvalue weighted by atomic mass is 35.5. The lowest BCUT2D eigenvalue weighted by atomic mass is 10.1. The van der Waals surface area contributed by atoms with E-state index < -0.39 is 0 Å². The minimum atomic E-state index is 0.199. The standard InChI is InChI=1S/C12H12ClNO2/c1-15-11-4-3-9(6-12(11)16-2)5-10(7-13)8-14/h3-6H,7H2,1-2H3/b10-5-. The van der Waals surface area contributed by atoms with E-state index in [9.17, 15) is 0 Å². The second kappa shape index (κ2) is 6.04. The van der Waals surface area contributed by atoms with Gasteiger partial charge in [0.25, 0.3) is 0 Å². The molecule has 0 amide bonds. The summed E-state index contributed by atoms with van der Waals surface area (Å²) in [7, 11) is 3.14. The van der Waals surface area contributed by atoms with Gasteiger partial charge in [-0.1, -0.05) is 6.07 Å². The largest absolute Gasteiger partial charge is 0.493 e. The molecule has 0 heterocycles. The van der Waals surface area contributed by atoms with Crippen molar-refractivity contribution >= 4 is 17.7 Å². The maximum Gasteiger partial charge on any atom is 0.161 e. The quantitative estimate of drug-likeness (QED) is 0.597. The fourth-order valence-electron chi connectivity index (χ4n) is 1.24. The first-order chi connectivity index (χ1) is 7.74. The number of nitrogens with zero attached hydrogens (tertiary/aromatic N) is 1. The van der Waals surface area contributed by atoms with Crippen molar-refractivity contribution < 1.29 is 9.47 Å². The summed E-state index contributed by atoms with van der Waals surface area (Å²) >= 11 is 5.60. The molecule has 0 unspecified atom stereocenters. The number of ether oxygens (including phenoxy) is 2. The van der Waals surface area contributed by atoms with Gasteiger partial charge in [0.15, 0.2) is 11.5 Å². The second-order valence-electron chi connectivity index (χ2n) is 3.03. The predicted molar refractivity (Wildman–Crippen MR) is 63.9 cm³/mol. The van der Waals surface area contributed by atoms with Gasteiger partial charge in [-0.15, -0.1) is 11.6 Å². The molecule has 0 bridgehead atoms. The average molecular weight is 238 g/mol. The molecule has 3 nitrogen and oxygen atoms in total. The van der Waals surface area contributed by atoms with Crippen LogP contribution in [0.2, 0.25) is 0 Å². The molecule has 0 aromatic heterocycles. The molecular formula is C12H12ClNO2. The van der Waals surface area contributed by atoms with E-state index in [-0.39, 0.29) is 5.88 Å². The summed E-state index contributed by atoms with van der Waals surface area (Å²) in [5, 5.41) is 8.76. The SMILES string of the molecule is COc1ccc(/C=C(\C#N)CCl)cc1OC. The molecule has 1 aromatic carbocycles. The van der Waals surface area contributed by atoms with Gasteiger partial charge in [-0.25, -0.2) is 0 Å². The molecule has 0 aliphatic carbocycles. The van der Waals surface area contributed by atoms with E-state index in [4.69, 9.17) is 26.3 Å². The molecule has 0 saturated heterocycles. The van der Waals surface area contributed by atoms with E-state index >= 15 is 0 Å². The molecule has 0 atom stereocenters. The summed E-state index contributed by atoms with van der Waals surface area (Å²) in [6, 6.07) is 7.44. The van der Waals surface area contributed by atoms with E-state index in [1.807, 2.05) is 12.1 Å². The molecule has 1 rings (SSSR count). The minimum Gasteiger partial charge on any atom is -0.493 e. The number of allylic oxidation sites excluding steroid dienone is 1. The zero-order chi connectivity index (χ0) is 12.0. The minimum absolute atomic E-state index is 0.199. The van der Waals surface area contributed by atoms with Crippen molar-refractivity contribution in [1.82, 2.24) is 0 Å². The van der Waals surface area contributed by atoms with Crippen LogP contribution in [0.5, 0.6) is 11.5 Å². The summed E-state index contributed by atoms with van der Waals surface area (Å²) in [6.45, 7) is 0. The van der Waals surface area contributed by atoms with Gasteiger partial charge in [-0.2, -0.15) is 5.26 Å². The molecule has 1 aromatic rings. The number of benzene rings is 1. The zero-order valence-corrected chi connectivity index (χ0v) is 9.91. The third kappa shape index (κ3) is 2.91. The Balaban J connectivity index is 3.09. The van der Waals surface area contributed by atoms with Crippen molar-refractivity contribution in [3.05, 3.63) is 29.3 Å². The Morgan fingerprint density at radius 1 is 1.38 bits per heavy atom. The van der Waals surface area contributed by atoms with Crippen LogP contribution in [0, 0.1) is 11.3 Å². The maximum absolute atomic E-state index is 8.76. The van der Waals surface area contributed by atoms with Crippen LogP contribution in [-0.2, 0) is 0 Å². The Kier molecular flexibility index (Phi) is 4.68. The van der Waals surface area contributed by atoms with Crippen LogP contribution in [0.25, 0.3) is 6.08 Å². The van der Waals surface area contributed by atoms with Crippen molar-refractivity contribution in [1.29, 1.82) is 5.26 Å². The second-order valence-corrected chi connectivity index (χ2v) is 3.30. The summed E-state index contributed by atoms with van der Waals surface area (Å²) in [5.74, 6) is 1.48. The topological polar surface area (TPSA) is 42.2 Å². The van der Waals surface area contributed by atoms with E-state index in [2.05, 4.69) is 0 Å². The normalized spacial score (nSPS) is 10.8. The van der Waals surface area contributed by atoms with Crippen LogP contribution < -0.4 is 9.47 Å². The summed E-state index contributed by atoms with van der Waals surface area (Å²) in [5.41, 5.74) is 1.36. The number of halogens is 1. The van der Waals surface area contributed by atoms with E-state index in [1.165, 1.54) is 0 Å². The number of methoxy groups -OCH3 is 2. The lowest BCUT2D eigenvalue weighted by molar-refractivity contribution is 0.355. The van der Waals surface area contributed by atoms with Crippen LogP contribution in [0.1, 0.15) is 5.56 Å². The fourth-order valence-corrected chi connectivity index (χ4v) is 1.38. The van der Waals surface area contributed by atoms with E-state index in [0.717, 1.165) is 5.56 Å². The lowest BCUT2D eigenvalue weighted by Crippen LogP contribution is -1.91. The highest BCUT2D eigenvalue weighted by Crippen LogP contribution is 2.28. The first kappa shape index (κ1) is 12.4. The highest BCUT2D eigenvalue weighted by Gasteiger charge is 2.03. The summed E-state index contributed by atoms with van der Waals surface area (Å²) in [4.78, 5) is 0. The summed E-state index contributed by atoms with van der Waals surface area (Å²) < 4.78 is 10.3. The summed E-state index contributed by atoms with van der Waals surface area (Å²) in [6.07, 6.45) is 1.72. The van der Waals surface area contributed by atoms with Gasteiger partial charge in [0, 0.05) is 5.57 Å². The Labute approximate surface area is 99.9 Å². The molecule has 0 saturated carbocycles. The van der Waals surface area contributed by atoms with Crippen molar-refractivity contribution in [3.63, 3.8) is 0 Å². The molecule has 0 aliphatic rings. The van der Waals surface area contributed by atoms with Crippen molar-refractivity contribution in [2.45, 2.75) is 0 Å². The lowest BCUT2D eigenvalue weighted by Gasteiger charge is -2.07. The van der Waals surface area contributed by atoms with Crippen molar-refractivity contribution in [3.8, 4) is 17.6 Å². The highest BCUT2D eigenvalue weighted by molar-refractivity contribution is 6.20. The van der Waals surface area contributed by atoms with Crippen molar-refractivity contribution in [2.75, 3.05) is 20.1 Å². The number of hydrogen-bond acceptors (Lipinski definition) is 3. The molecule has 0 radical (unpaired) electrons. The Bertz CT molecular complexity index is 435. The average Bonchev–Trinajstić information content (AvgIpc) is 2.35. The number of nitriles is 1. The van der Waals surface area contributed by atoms with Crippen LogP contribution in [0.4, 0.5) is 0 Å². The van der Waals surface area contributed by atoms with Gasteiger partial charge < -0.3 is 9.47 Å². The molecule has 0 spiro atoms. The molecule has 16 heavy (non-hydrogen) atoms. The Morgan fingerprint density at radius 2 is 2.06 bits per heavy atom. The van der Waals surface area contributed by atoms with Gasteiger partial charge in [-0.3, -0.25) is 0 Å². The van der Waals surface area contributed by atoms with Gasteiger partial charge >= 0.3 is 0 Å². The molecule has 84 valence electrons. The molecule has 0 aliphatic heterocycles. The Hall–Kier alpha value is -1.66.